The second kappa shape index (κ2) is 9.82. The molecular formula is C30H29N3O3. The van der Waals surface area contributed by atoms with Crippen LogP contribution in [0, 0.1) is 5.92 Å². The average molecular weight is 480 g/mol. The number of allylic oxidation sites excluding steroid dienone is 1. The first-order valence-corrected chi connectivity index (χ1v) is 12.2. The number of nitrogens with one attached hydrogen (secondary N) is 1. The Balaban J connectivity index is 1.55. The monoisotopic (exact) mass is 479 g/mol. The van der Waals surface area contributed by atoms with Gasteiger partial charge in [0.05, 0.1) is 23.0 Å². The zero-order chi connectivity index (χ0) is 25.2. The van der Waals surface area contributed by atoms with Crippen LogP contribution >= 0.6 is 0 Å². The molecule has 6 nitrogen and oxygen atoms in total. The highest BCUT2D eigenvalue weighted by Crippen LogP contribution is 2.39. The van der Waals surface area contributed by atoms with E-state index in [1.807, 2.05) is 61.7 Å². The molecule has 1 atom stereocenters. The number of furan rings is 1. The minimum absolute atomic E-state index is 0.0355. The van der Waals surface area contributed by atoms with Crippen LogP contribution in [-0.2, 0) is 13.0 Å². The van der Waals surface area contributed by atoms with Crippen LogP contribution in [0.4, 0.5) is 0 Å². The summed E-state index contributed by atoms with van der Waals surface area (Å²) < 4.78 is 5.58. The standard InChI is InChI=1S/C30H29N3O3/c1-19-15-22(17-23-7-6-14-36-23)28-25(16-19)27(24-8-4-5-9-26(24)32-28)30(35)33(3)18-20-10-12-21(13-11-20)29(34)31-2/h4-14,17,19H,15-16,18H2,1-3H3,(H,31,34)/b22-17-. The number of fused-ring (bicyclic) bond motifs is 2. The van der Waals surface area contributed by atoms with Crippen molar-refractivity contribution in [3.63, 3.8) is 0 Å². The van der Waals surface area contributed by atoms with E-state index in [-0.39, 0.29) is 11.8 Å². The van der Waals surface area contributed by atoms with Crippen LogP contribution in [0.25, 0.3) is 22.6 Å². The molecule has 36 heavy (non-hydrogen) atoms. The van der Waals surface area contributed by atoms with Gasteiger partial charge in [-0.2, -0.15) is 0 Å². The number of aromatic nitrogens is 1. The SMILES string of the molecule is CNC(=O)c1ccc(CN(C)C(=O)c2c3c(nc4ccccc24)/C(=C\c2ccco2)CC(C)C3)cc1. The number of carbonyl (C=O) groups excluding carboxylic acids is 2. The largest absolute Gasteiger partial charge is 0.465 e. The molecule has 1 unspecified atom stereocenters. The fourth-order valence-electron chi connectivity index (χ4n) is 4.97. The number of para-hydroxylation sites is 1. The van der Waals surface area contributed by atoms with Crippen LogP contribution in [0.3, 0.4) is 0 Å². The van der Waals surface area contributed by atoms with E-state index in [1.165, 1.54) is 0 Å². The van der Waals surface area contributed by atoms with E-state index in [0.29, 0.717) is 18.0 Å². The fourth-order valence-corrected chi connectivity index (χ4v) is 4.97. The Morgan fingerprint density at radius 2 is 1.86 bits per heavy atom. The lowest BCUT2D eigenvalue weighted by atomic mass is 9.80. The highest BCUT2D eigenvalue weighted by Gasteiger charge is 2.29. The smallest absolute Gasteiger partial charge is 0.254 e. The molecule has 0 radical (unpaired) electrons. The highest BCUT2D eigenvalue weighted by molar-refractivity contribution is 6.09. The van der Waals surface area contributed by atoms with E-state index < -0.39 is 0 Å². The maximum atomic E-state index is 14.0. The number of nitrogens with zero attached hydrogens (tertiary/aromatic N) is 2. The summed E-state index contributed by atoms with van der Waals surface area (Å²) in [6.45, 7) is 2.64. The lowest BCUT2D eigenvalue weighted by Crippen LogP contribution is -2.29. The lowest BCUT2D eigenvalue weighted by Gasteiger charge is -2.28. The number of pyridine rings is 1. The van der Waals surface area contributed by atoms with Crippen LogP contribution in [0.1, 0.15) is 56.6 Å². The first-order valence-electron chi connectivity index (χ1n) is 12.2. The summed E-state index contributed by atoms with van der Waals surface area (Å²) in [5.41, 5.74) is 6.05. The Labute approximate surface area is 210 Å². The van der Waals surface area contributed by atoms with Crippen molar-refractivity contribution in [1.29, 1.82) is 0 Å². The Bertz CT molecular complexity index is 1450. The second-order valence-corrected chi connectivity index (χ2v) is 9.47. The van der Waals surface area contributed by atoms with Gasteiger partial charge < -0.3 is 14.6 Å². The van der Waals surface area contributed by atoms with Gasteiger partial charge in [0.2, 0.25) is 0 Å². The molecular weight excluding hydrogens is 450 g/mol. The van der Waals surface area contributed by atoms with Crippen molar-refractivity contribution in [2.45, 2.75) is 26.3 Å². The van der Waals surface area contributed by atoms with Gasteiger partial charge in [-0.3, -0.25) is 9.59 Å². The van der Waals surface area contributed by atoms with Gasteiger partial charge in [-0.1, -0.05) is 37.3 Å². The molecule has 1 aliphatic rings. The number of benzene rings is 2. The molecule has 182 valence electrons. The van der Waals surface area contributed by atoms with E-state index in [4.69, 9.17) is 9.40 Å². The molecule has 2 aromatic carbocycles. The summed E-state index contributed by atoms with van der Waals surface area (Å²) in [6.07, 6.45) is 5.37. The van der Waals surface area contributed by atoms with E-state index in [2.05, 4.69) is 12.2 Å². The maximum Gasteiger partial charge on any atom is 0.254 e. The predicted molar refractivity (Wildman–Crippen MR) is 141 cm³/mol. The van der Waals surface area contributed by atoms with Crippen LogP contribution in [-0.4, -0.2) is 35.8 Å². The molecule has 2 amide bonds. The van der Waals surface area contributed by atoms with Crippen molar-refractivity contribution in [2.75, 3.05) is 14.1 Å². The maximum absolute atomic E-state index is 14.0. The zero-order valence-electron chi connectivity index (χ0n) is 20.7. The molecule has 0 bridgehead atoms. The van der Waals surface area contributed by atoms with Crippen molar-refractivity contribution in [3.8, 4) is 0 Å². The van der Waals surface area contributed by atoms with E-state index in [0.717, 1.165) is 57.5 Å². The van der Waals surface area contributed by atoms with Crippen molar-refractivity contribution in [3.05, 3.63) is 101 Å². The topological polar surface area (TPSA) is 75.4 Å². The summed E-state index contributed by atoms with van der Waals surface area (Å²) in [6, 6.07) is 19.0. The first-order chi connectivity index (χ1) is 17.4. The molecule has 0 aliphatic heterocycles. The number of rotatable bonds is 5. The number of hydrogen-bond acceptors (Lipinski definition) is 4. The third-order valence-electron chi connectivity index (χ3n) is 6.70. The Morgan fingerprint density at radius 3 is 2.58 bits per heavy atom. The molecule has 1 N–H and O–H groups in total. The number of hydrogen-bond donors (Lipinski definition) is 1. The van der Waals surface area contributed by atoms with Gasteiger partial charge in [-0.15, -0.1) is 0 Å². The van der Waals surface area contributed by atoms with E-state index in [9.17, 15) is 9.59 Å². The molecule has 0 saturated carbocycles. The second-order valence-electron chi connectivity index (χ2n) is 9.47. The molecule has 5 rings (SSSR count). The molecule has 1 aliphatic carbocycles. The van der Waals surface area contributed by atoms with Gasteiger partial charge in [0.25, 0.3) is 11.8 Å². The van der Waals surface area contributed by atoms with Crippen molar-refractivity contribution in [1.82, 2.24) is 15.2 Å². The summed E-state index contributed by atoms with van der Waals surface area (Å²) in [7, 11) is 3.43. The van der Waals surface area contributed by atoms with Gasteiger partial charge in [-0.25, -0.2) is 4.98 Å². The van der Waals surface area contributed by atoms with Crippen LogP contribution in [0.15, 0.2) is 71.3 Å². The van der Waals surface area contributed by atoms with Crippen LogP contribution in [0.5, 0.6) is 0 Å². The number of amides is 2. The first kappa shape index (κ1) is 23.5. The van der Waals surface area contributed by atoms with E-state index >= 15 is 0 Å². The minimum atomic E-state index is -0.131. The minimum Gasteiger partial charge on any atom is -0.465 e. The van der Waals surface area contributed by atoms with Crippen LogP contribution < -0.4 is 5.32 Å². The van der Waals surface area contributed by atoms with E-state index in [1.54, 1.807) is 30.3 Å². The number of carbonyl (C=O) groups is 2. The van der Waals surface area contributed by atoms with Crippen molar-refractivity contribution >= 4 is 34.4 Å². The third kappa shape index (κ3) is 4.54. The zero-order valence-corrected chi connectivity index (χ0v) is 20.7. The summed E-state index contributed by atoms with van der Waals surface area (Å²) in [4.78, 5) is 32.6. The normalized spacial score (nSPS) is 16.1. The Kier molecular flexibility index (Phi) is 6.42. The third-order valence-corrected chi connectivity index (χ3v) is 6.70. The molecule has 2 aromatic heterocycles. The van der Waals surface area contributed by atoms with Gasteiger partial charge >= 0.3 is 0 Å². The summed E-state index contributed by atoms with van der Waals surface area (Å²) in [5.74, 6) is 0.987. The van der Waals surface area contributed by atoms with Gasteiger partial charge in [0.1, 0.15) is 5.76 Å². The Hall–Kier alpha value is -4.19. The summed E-state index contributed by atoms with van der Waals surface area (Å²) >= 11 is 0. The average Bonchev–Trinajstić information content (AvgIpc) is 3.40. The predicted octanol–water partition coefficient (Wildman–Crippen LogP) is 5.58. The van der Waals surface area contributed by atoms with Gasteiger partial charge in [0.15, 0.2) is 0 Å². The van der Waals surface area contributed by atoms with Crippen molar-refractivity contribution in [2.24, 2.45) is 5.92 Å². The molecule has 6 heteroatoms. The molecule has 2 heterocycles. The van der Waals surface area contributed by atoms with Gasteiger partial charge in [-0.05, 0) is 71.9 Å². The Morgan fingerprint density at radius 1 is 1.08 bits per heavy atom. The molecule has 4 aromatic rings. The van der Waals surface area contributed by atoms with Gasteiger partial charge in [0, 0.05) is 31.6 Å². The highest BCUT2D eigenvalue weighted by atomic mass is 16.3. The molecule has 0 spiro atoms. The lowest BCUT2D eigenvalue weighted by molar-refractivity contribution is 0.0785. The molecule has 0 saturated heterocycles. The quantitative estimate of drug-likeness (QED) is 0.405. The summed E-state index contributed by atoms with van der Waals surface area (Å²) in [5, 5.41) is 3.50. The van der Waals surface area contributed by atoms with Crippen LogP contribution in [0.2, 0.25) is 0 Å². The molecule has 0 fully saturated rings. The van der Waals surface area contributed by atoms with Crippen molar-refractivity contribution < 1.29 is 14.0 Å². The fraction of sp³-hybridized carbons (Fsp3) is 0.233.